The second-order valence-electron chi connectivity index (χ2n) is 6.72. The normalized spacial score (nSPS) is 10.2. The van der Waals surface area contributed by atoms with E-state index in [-0.39, 0.29) is 11.8 Å². The lowest BCUT2D eigenvalue weighted by molar-refractivity contribution is 0.101. The Bertz CT molecular complexity index is 1070. The first-order valence-electron chi connectivity index (χ1n) is 9.55. The van der Waals surface area contributed by atoms with Gasteiger partial charge in [0.15, 0.2) is 11.5 Å². The molecule has 0 spiro atoms. The molecule has 3 aromatic rings. The first kappa shape index (κ1) is 21.7. The minimum absolute atomic E-state index is 0.196. The summed E-state index contributed by atoms with van der Waals surface area (Å²) in [6, 6.07) is 17.4. The van der Waals surface area contributed by atoms with Crippen molar-refractivity contribution in [1.29, 1.82) is 0 Å². The molecular formula is C24H24N2O5. The highest BCUT2D eigenvalue weighted by atomic mass is 16.5. The minimum atomic E-state index is -0.334. The monoisotopic (exact) mass is 420 g/mol. The van der Waals surface area contributed by atoms with Crippen LogP contribution in [0.4, 0.5) is 11.4 Å². The molecule has 0 radical (unpaired) electrons. The van der Waals surface area contributed by atoms with E-state index in [9.17, 15) is 9.59 Å². The average Bonchev–Trinajstić information content (AvgIpc) is 2.80. The average molecular weight is 420 g/mol. The van der Waals surface area contributed by atoms with Gasteiger partial charge in [-0.1, -0.05) is 18.2 Å². The third kappa shape index (κ3) is 4.95. The van der Waals surface area contributed by atoms with E-state index < -0.39 is 0 Å². The fourth-order valence-corrected chi connectivity index (χ4v) is 3.08. The van der Waals surface area contributed by atoms with Crippen molar-refractivity contribution < 1.29 is 23.8 Å². The summed E-state index contributed by atoms with van der Waals surface area (Å²) in [5.74, 6) is 0.665. The molecule has 31 heavy (non-hydrogen) atoms. The molecule has 2 N–H and O–H groups in total. The Kier molecular flexibility index (Phi) is 6.77. The SMILES string of the molecule is COc1cc(C(=O)Nc2ccc(NC(=O)c3ccccc3)c(C)c2)cc(OC)c1OC. The highest BCUT2D eigenvalue weighted by molar-refractivity contribution is 6.06. The number of benzene rings is 3. The molecule has 0 unspecified atom stereocenters. The van der Waals surface area contributed by atoms with Crippen molar-refractivity contribution >= 4 is 23.2 Å². The van der Waals surface area contributed by atoms with Gasteiger partial charge in [-0.25, -0.2) is 0 Å². The molecule has 160 valence electrons. The number of carbonyl (C=O) groups excluding carboxylic acids is 2. The summed E-state index contributed by atoms with van der Waals surface area (Å²) in [5.41, 5.74) is 3.00. The molecule has 0 atom stereocenters. The Balaban J connectivity index is 1.77. The van der Waals surface area contributed by atoms with Crippen molar-refractivity contribution in [1.82, 2.24) is 0 Å². The molecule has 0 saturated heterocycles. The Morgan fingerprint density at radius 1 is 0.710 bits per heavy atom. The van der Waals surface area contributed by atoms with E-state index in [1.165, 1.54) is 21.3 Å². The second kappa shape index (κ2) is 9.67. The predicted molar refractivity (Wildman–Crippen MR) is 120 cm³/mol. The van der Waals surface area contributed by atoms with E-state index in [1.54, 1.807) is 42.5 Å². The van der Waals surface area contributed by atoms with E-state index in [2.05, 4.69) is 10.6 Å². The van der Waals surface area contributed by atoms with Crippen LogP contribution in [0.5, 0.6) is 17.2 Å². The van der Waals surface area contributed by atoms with Crippen LogP contribution in [0, 0.1) is 6.92 Å². The van der Waals surface area contributed by atoms with Crippen LogP contribution in [0.3, 0.4) is 0 Å². The molecule has 7 heteroatoms. The molecule has 0 aromatic heterocycles. The summed E-state index contributed by atoms with van der Waals surface area (Å²) >= 11 is 0. The highest BCUT2D eigenvalue weighted by Crippen LogP contribution is 2.38. The van der Waals surface area contributed by atoms with Gasteiger partial charge in [-0.05, 0) is 55.0 Å². The number of methoxy groups -OCH3 is 3. The van der Waals surface area contributed by atoms with E-state index in [1.807, 2.05) is 25.1 Å². The summed E-state index contributed by atoms with van der Waals surface area (Å²) in [6.07, 6.45) is 0. The number of amides is 2. The minimum Gasteiger partial charge on any atom is -0.493 e. The fourth-order valence-electron chi connectivity index (χ4n) is 3.08. The first-order chi connectivity index (χ1) is 15.0. The number of anilines is 2. The Hall–Kier alpha value is -4.00. The number of nitrogens with one attached hydrogen (secondary N) is 2. The number of ether oxygens (including phenoxy) is 3. The van der Waals surface area contributed by atoms with Crippen molar-refractivity contribution in [2.45, 2.75) is 6.92 Å². The third-order valence-electron chi connectivity index (χ3n) is 4.70. The van der Waals surface area contributed by atoms with Crippen LogP contribution < -0.4 is 24.8 Å². The maximum absolute atomic E-state index is 12.8. The highest BCUT2D eigenvalue weighted by Gasteiger charge is 2.17. The van der Waals surface area contributed by atoms with Gasteiger partial charge in [0.2, 0.25) is 5.75 Å². The summed E-state index contributed by atoms with van der Waals surface area (Å²) in [5, 5.41) is 5.73. The molecule has 0 heterocycles. The zero-order chi connectivity index (χ0) is 22.4. The van der Waals surface area contributed by atoms with Crippen molar-refractivity contribution in [3.63, 3.8) is 0 Å². The molecule has 3 rings (SSSR count). The molecule has 7 nitrogen and oxygen atoms in total. The molecule has 0 aliphatic carbocycles. The summed E-state index contributed by atoms with van der Waals surface area (Å²) in [4.78, 5) is 25.1. The lowest BCUT2D eigenvalue weighted by atomic mass is 10.1. The standard InChI is InChI=1S/C24H24N2O5/c1-15-12-18(10-11-19(15)26-23(27)16-8-6-5-7-9-16)25-24(28)17-13-20(29-2)22(31-4)21(14-17)30-3/h5-14H,1-4H3,(H,25,28)(H,26,27). The van der Waals surface area contributed by atoms with Crippen molar-refractivity contribution in [2.75, 3.05) is 32.0 Å². The van der Waals surface area contributed by atoms with E-state index >= 15 is 0 Å². The largest absolute Gasteiger partial charge is 0.493 e. The number of carbonyl (C=O) groups is 2. The molecule has 2 amide bonds. The molecule has 0 aliphatic heterocycles. The second-order valence-corrected chi connectivity index (χ2v) is 6.72. The molecular weight excluding hydrogens is 396 g/mol. The van der Waals surface area contributed by atoms with E-state index in [0.717, 1.165) is 5.56 Å². The first-order valence-corrected chi connectivity index (χ1v) is 9.55. The predicted octanol–water partition coefficient (Wildman–Crippen LogP) is 4.53. The number of hydrogen-bond donors (Lipinski definition) is 2. The number of aryl methyl sites for hydroxylation is 1. The summed E-state index contributed by atoms with van der Waals surface area (Å²) in [6.45, 7) is 1.86. The number of rotatable bonds is 7. The van der Waals surface area contributed by atoms with Crippen LogP contribution in [0.2, 0.25) is 0 Å². The Morgan fingerprint density at radius 3 is 1.87 bits per heavy atom. The smallest absolute Gasteiger partial charge is 0.255 e. The summed E-state index contributed by atoms with van der Waals surface area (Å²) in [7, 11) is 4.48. The quantitative estimate of drug-likeness (QED) is 0.587. The topological polar surface area (TPSA) is 85.9 Å². The van der Waals surface area contributed by atoms with Gasteiger partial charge in [-0.15, -0.1) is 0 Å². The van der Waals surface area contributed by atoms with Gasteiger partial charge in [-0.3, -0.25) is 9.59 Å². The maximum Gasteiger partial charge on any atom is 0.255 e. The van der Waals surface area contributed by atoms with Gasteiger partial charge in [0.1, 0.15) is 0 Å². The van der Waals surface area contributed by atoms with Gasteiger partial charge in [-0.2, -0.15) is 0 Å². The maximum atomic E-state index is 12.8. The van der Waals surface area contributed by atoms with Crippen molar-refractivity contribution in [2.24, 2.45) is 0 Å². The fraction of sp³-hybridized carbons (Fsp3) is 0.167. The van der Waals surface area contributed by atoms with E-state index in [4.69, 9.17) is 14.2 Å². The molecule has 0 fully saturated rings. The van der Waals surface area contributed by atoms with Crippen LogP contribution in [-0.4, -0.2) is 33.1 Å². The molecule has 3 aromatic carbocycles. The van der Waals surface area contributed by atoms with Crippen LogP contribution in [0.1, 0.15) is 26.3 Å². The van der Waals surface area contributed by atoms with Crippen LogP contribution in [0.25, 0.3) is 0 Å². The van der Waals surface area contributed by atoms with Gasteiger partial charge in [0.25, 0.3) is 11.8 Å². The van der Waals surface area contributed by atoms with Gasteiger partial charge < -0.3 is 24.8 Å². The van der Waals surface area contributed by atoms with Crippen LogP contribution in [-0.2, 0) is 0 Å². The molecule has 0 aliphatic rings. The summed E-state index contributed by atoms with van der Waals surface area (Å²) < 4.78 is 15.9. The third-order valence-corrected chi connectivity index (χ3v) is 4.70. The zero-order valence-corrected chi connectivity index (χ0v) is 17.8. The Morgan fingerprint density at radius 2 is 1.32 bits per heavy atom. The van der Waals surface area contributed by atoms with Gasteiger partial charge >= 0.3 is 0 Å². The van der Waals surface area contributed by atoms with Crippen molar-refractivity contribution in [3.8, 4) is 17.2 Å². The van der Waals surface area contributed by atoms with Crippen molar-refractivity contribution in [3.05, 3.63) is 77.4 Å². The van der Waals surface area contributed by atoms with Crippen LogP contribution in [0.15, 0.2) is 60.7 Å². The van der Waals surface area contributed by atoms with Gasteiger partial charge in [0, 0.05) is 22.5 Å². The Labute approximate surface area is 180 Å². The lowest BCUT2D eigenvalue weighted by Crippen LogP contribution is -2.14. The van der Waals surface area contributed by atoms with Gasteiger partial charge in [0.05, 0.1) is 21.3 Å². The van der Waals surface area contributed by atoms with E-state index in [0.29, 0.717) is 39.8 Å². The molecule has 0 bridgehead atoms. The molecule has 0 saturated carbocycles. The van der Waals surface area contributed by atoms with Crippen LogP contribution >= 0.6 is 0 Å². The zero-order valence-electron chi connectivity index (χ0n) is 17.8. The lowest BCUT2D eigenvalue weighted by Gasteiger charge is -2.15. The number of hydrogen-bond acceptors (Lipinski definition) is 5.